The molecule has 1 fully saturated rings. The van der Waals surface area contributed by atoms with Gasteiger partial charge in [-0.3, -0.25) is 19.3 Å². The molecule has 0 aliphatic carbocycles. The number of carbonyl (C=O) groups excluding carboxylic acids is 4. The van der Waals surface area contributed by atoms with Gasteiger partial charge in [0.1, 0.15) is 17.9 Å². The first-order chi connectivity index (χ1) is 16.3. The summed E-state index contributed by atoms with van der Waals surface area (Å²) in [7, 11) is 0. The zero-order valence-electron chi connectivity index (χ0n) is 19.3. The number of urea groups is 1. The van der Waals surface area contributed by atoms with E-state index in [4.69, 9.17) is 4.42 Å². The van der Waals surface area contributed by atoms with Gasteiger partial charge in [-0.2, -0.15) is 0 Å². The number of anilines is 1. The van der Waals surface area contributed by atoms with Crippen LogP contribution in [0.15, 0.2) is 59.0 Å². The summed E-state index contributed by atoms with van der Waals surface area (Å²) in [4.78, 5) is 53.2. The summed E-state index contributed by atoms with van der Waals surface area (Å²) in [6.07, 6.45) is 0. The van der Waals surface area contributed by atoms with Crippen molar-refractivity contribution in [2.75, 3.05) is 25.0 Å². The van der Waals surface area contributed by atoms with Crippen molar-refractivity contribution in [1.29, 1.82) is 0 Å². The highest BCUT2D eigenvalue weighted by Crippen LogP contribution is 2.33. The molecular weight excluding hydrogens is 436 g/mol. The molecule has 2 aromatic carbocycles. The molecule has 2 N–H and O–H groups in total. The predicted octanol–water partition coefficient (Wildman–Crippen LogP) is 3.32. The summed E-state index contributed by atoms with van der Waals surface area (Å²) >= 11 is 0. The molecule has 0 radical (unpaired) electrons. The highest BCUT2D eigenvalue weighted by molar-refractivity contribution is 6.10. The number of rotatable bonds is 7. The number of nitrogens with one attached hydrogen (secondary N) is 2. The lowest BCUT2D eigenvalue weighted by Gasteiger charge is -2.19. The van der Waals surface area contributed by atoms with Crippen LogP contribution in [0.3, 0.4) is 0 Å². The number of fused-ring (bicyclic) bond motifs is 1. The first-order valence-electron chi connectivity index (χ1n) is 11.1. The maximum Gasteiger partial charge on any atom is 0.325 e. The van der Waals surface area contributed by atoms with E-state index in [2.05, 4.69) is 10.6 Å². The molecule has 1 saturated heterocycles. The second kappa shape index (κ2) is 9.01. The van der Waals surface area contributed by atoms with Crippen molar-refractivity contribution in [3.8, 4) is 0 Å². The number of imide groups is 1. The summed E-state index contributed by atoms with van der Waals surface area (Å²) in [6, 6.07) is 14.8. The third kappa shape index (κ3) is 4.12. The van der Waals surface area contributed by atoms with E-state index in [-0.39, 0.29) is 5.91 Å². The Morgan fingerprint density at radius 1 is 1.06 bits per heavy atom. The summed E-state index contributed by atoms with van der Waals surface area (Å²) in [5.41, 5.74) is 0.147. The SMILES string of the molecule is CCN(CC)C(=O)c1ccc(NC(=O)CN2C(=O)NC(C)(c3cc4ccccc4o3)C2=O)cc1. The number of hydrogen-bond donors (Lipinski definition) is 2. The van der Waals surface area contributed by atoms with Crippen LogP contribution in [0, 0.1) is 0 Å². The van der Waals surface area contributed by atoms with Crippen LogP contribution >= 0.6 is 0 Å². The molecule has 1 unspecified atom stereocenters. The van der Waals surface area contributed by atoms with Crippen molar-refractivity contribution in [1.82, 2.24) is 15.1 Å². The van der Waals surface area contributed by atoms with E-state index in [0.29, 0.717) is 35.7 Å². The minimum Gasteiger partial charge on any atom is -0.458 e. The van der Waals surface area contributed by atoms with Gasteiger partial charge in [-0.05, 0) is 57.2 Å². The van der Waals surface area contributed by atoms with Crippen molar-refractivity contribution < 1.29 is 23.6 Å². The van der Waals surface area contributed by atoms with Gasteiger partial charge in [0.25, 0.3) is 11.8 Å². The van der Waals surface area contributed by atoms with Crippen LogP contribution in [-0.4, -0.2) is 53.2 Å². The van der Waals surface area contributed by atoms with E-state index in [0.717, 1.165) is 10.3 Å². The fourth-order valence-electron chi connectivity index (χ4n) is 3.97. The fraction of sp³-hybridized carbons (Fsp3) is 0.280. The number of furan rings is 1. The summed E-state index contributed by atoms with van der Waals surface area (Å²) in [5.74, 6) is -0.914. The number of benzene rings is 2. The van der Waals surface area contributed by atoms with E-state index in [9.17, 15) is 19.2 Å². The second-order valence-corrected chi connectivity index (χ2v) is 8.20. The number of amides is 5. The molecule has 3 aromatic rings. The Labute approximate surface area is 196 Å². The zero-order valence-corrected chi connectivity index (χ0v) is 19.3. The molecule has 0 saturated carbocycles. The van der Waals surface area contributed by atoms with Crippen LogP contribution in [0.25, 0.3) is 11.0 Å². The number of hydrogen-bond acceptors (Lipinski definition) is 5. The van der Waals surface area contributed by atoms with E-state index in [1.54, 1.807) is 48.2 Å². The average molecular weight is 463 g/mol. The van der Waals surface area contributed by atoms with E-state index < -0.39 is 29.9 Å². The predicted molar refractivity (Wildman–Crippen MR) is 126 cm³/mol. The minimum absolute atomic E-state index is 0.0907. The van der Waals surface area contributed by atoms with Gasteiger partial charge >= 0.3 is 6.03 Å². The average Bonchev–Trinajstić information content (AvgIpc) is 3.36. The Bertz CT molecular complexity index is 1230. The van der Waals surface area contributed by atoms with Gasteiger partial charge in [-0.25, -0.2) is 4.79 Å². The fourth-order valence-corrected chi connectivity index (χ4v) is 3.97. The lowest BCUT2D eigenvalue weighted by molar-refractivity contribution is -0.134. The molecule has 1 atom stereocenters. The Morgan fingerprint density at radius 3 is 2.38 bits per heavy atom. The van der Waals surface area contributed by atoms with Crippen molar-refractivity contribution in [2.24, 2.45) is 0 Å². The highest BCUT2D eigenvalue weighted by atomic mass is 16.3. The van der Waals surface area contributed by atoms with Crippen molar-refractivity contribution in [3.63, 3.8) is 0 Å². The van der Waals surface area contributed by atoms with E-state index in [1.807, 2.05) is 32.0 Å². The number of nitrogens with zero attached hydrogens (tertiary/aromatic N) is 2. The van der Waals surface area contributed by atoms with Crippen LogP contribution in [0.1, 0.15) is 36.9 Å². The Kier molecular flexibility index (Phi) is 6.10. The van der Waals surface area contributed by atoms with Crippen LogP contribution < -0.4 is 10.6 Å². The van der Waals surface area contributed by atoms with E-state index >= 15 is 0 Å². The van der Waals surface area contributed by atoms with Gasteiger partial charge in [0.05, 0.1) is 0 Å². The van der Waals surface area contributed by atoms with Crippen molar-refractivity contribution in [2.45, 2.75) is 26.3 Å². The lowest BCUT2D eigenvalue weighted by Crippen LogP contribution is -2.41. The number of para-hydroxylation sites is 1. The molecule has 9 heteroatoms. The monoisotopic (exact) mass is 462 g/mol. The first-order valence-corrected chi connectivity index (χ1v) is 11.1. The topological polar surface area (TPSA) is 112 Å². The highest BCUT2D eigenvalue weighted by Gasteiger charge is 2.51. The van der Waals surface area contributed by atoms with Gasteiger partial charge in [0.15, 0.2) is 5.54 Å². The van der Waals surface area contributed by atoms with Gasteiger partial charge in [0.2, 0.25) is 5.91 Å². The van der Waals surface area contributed by atoms with Crippen LogP contribution in [0.5, 0.6) is 0 Å². The van der Waals surface area contributed by atoms with Gasteiger partial charge in [-0.1, -0.05) is 18.2 Å². The van der Waals surface area contributed by atoms with E-state index in [1.165, 1.54) is 0 Å². The molecule has 9 nitrogen and oxygen atoms in total. The normalized spacial score (nSPS) is 17.7. The van der Waals surface area contributed by atoms with Gasteiger partial charge < -0.3 is 20.0 Å². The van der Waals surface area contributed by atoms with Crippen LogP contribution in [0.4, 0.5) is 10.5 Å². The smallest absolute Gasteiger partial charge is 0.325 e. The molecule has 0 spiro atoms. The molecule has 0 bridgehead atoms. The third-order valence-electron chi connectivity index (χ3n) is 5.96. The molecule has 1 aliphatic rings. The molecule has 1 aliphatic heterocycles. The summed E-state index contributed by atoms with van der Waals surface area (Å²) in [5, 5.41) is 6.11. The minimum atomic E-state index is -1.41. The third-order valence-corrected chi connectivity index (χ3v) is 5.96. The Hall–Kier alpha value is -4.14. The standard InChI is InChI=1S/C25H26N4O5/c1-4-28(5-2)22(31)16-10-12-18(13-11-16)26-21(30)15-29-23(32)25(3,27-24(29)33)20-14-17-8-6-7-9-19(17)34-20/h6-14H,4-5,15H2,1-3H3,(H,26,30)(H,27,33). The Morgan fingerprint density at radius 2 is 1.74 bits per heavy atom. The van der Waals surface area contributed by atoms with Gasteiger partial charge in [-0.15, -0.1) is 0 Å². The van der Waals surface area contributed by atoms with Crippen molar-refractivity contribution in [3.05, 3.63) is 65.9 Å². The molecule has 1 aromatic heterocycles. The first kappa shape index (κ1) is 23.0. The molecule has 176 valence electrons. The van der Waals surface area contributed by atoms with Crippen LogP contribution in [-0.2, 0) is 15.1 Å². The summed E-state index contributed by atoms with van der Waals surface area (Å²) < 4.78 is 5.79. The molecular formula is C25H26N4O5. The number of carbonyl (C=O) groups is 4. The Balaban J connectivity index is 1.43. The molecule has 2 heterocycles. The largest absolute Gasteiger partial charge is 0.458 e. The lowest BCUT2D eigenvalue weighted by atomic mass is 9.99. The molecule has 5 amide bonds. The molecule has 4 rings (SSSR count). The summed E-state index contributed by atoms with van der Waals surface area (Å²) in [6.45, 7) is 6.12. The molecule has 34 heavy (non-hydrogen) atoms. The van der Waals surface area contributed by atoms with Crippen LogP contribution in [0.2, 0.25) is 0 Å². The second-order valence-electron chi connectivity index (χ2n) is 8.20. The van der Waals surface area contributed by atoms with Gasteiger partial charge in [0, 0.05) is 29.7 Å². The maximum absolute atomic E-state index is 13.1. The van der Waals surface area contributed by atoms with Crippen molar-refractivity contribution >= 4 is 40.4 Å². The zero-order chi connectivity index (χ0) is 24.5. The quantitative estimate of drug-likeness (QED) is 0.523. The maximum atomic E-state index is 13.1.